The molecule has 20 heavy (non-hydrogen) atoms. The average Bonchev–Trinajstić information content (AvgIpc) is 2.72. The highest BCUT2D eigenvalue weighted by molar-refractivity contribution is 6.02. The van der Waals surface area contributed by atoms with Gasteiger partial charge in [-0.2, -0.15) is 0 Å². The fourth-order valence-electron chi connectivity index (χ4n) is 2.41. The maximum atomic E-state index is 11.3. The molecule has 1 heterocycles. The van der Waals surface area contributed by atoms with Crippen molar-refractivity contribution in [2.75, 3.05) is 0 Å². The van der Waals surface area contributed by atoms with E-state index in [1.165, 1.54) is 6.07 Å². The van der Waals surface area contributed by atoms with E-state index in [-0.39, 0.29) is 5.84 Å². The van der Waals surface area contributed by atoms with Gasteiger partial charge in [0.05, 0.1) is 5.69 Å². The highest BCUT2D eigenvalue weighted by Gasteiger charge is 2.42. The summed E-state index contributed by atoms with van der Waals surface area (Å²) in [5.41, 5.74) is 11.6. The van der Waals surface area contributed by atoms with Crippen LogP contribution in [0.3, 0.4) is 0 Å². The van der Waals surface area contributed by atoms with Crippen molar-refractivity contribution < 1.29 is 9.90 Å². The van der Waals surface area contributed by atoms with E-state index >= 15 is 0 Å². The van der Waals surface area contributed by atoms with Crippen LogP contribution in [-0.2, 0) is 5.60 Å². The summed E-state index contributed by atoms with van der Waals surface area (Å²) in [6.07, 6.45) is 0. The SMILES string of the molecule is NC(=O)c1ccc2c(c1)C(O)(c1ccccc1)C(N)=N2. The number of primary amides is 1. The van der Waals surface area contributed by atoms with Gasteiger partial charge in [-0.15, -0.1) is 0 Å². The molecule has 2 aromatic carbocycles. The van der Waals surface area contributed by atoms with Gasteiger partial charge in [-0.25, -0.2) is 4.99 Å². The third kappa shape index (κ3) is 1.60. The van der Waals surface area contributed by atoms with Crippen LogP contribution in [0.25, 0.3) is 0 Å². The molecule has 3 rings (SSSR count). The first-order chi connectivity index (χ1) is 9.53. The Kier molecular flexibility index (Phi) is 2.59. The van der Waals surface area contributed by atoms with E-state index < -0.39 is 11.5 Å². The van der Waals surface area contributed by atoms with Crippen molar-refractivity contribution in [3.05, 3.63) is 65.2 Å². The molecule has 5 nitrogen and oxygen atoms in total. The standard InChI is InChI=1S/C15H13N3O2/c16-13(19)9-6-7-12-11(8-9)15(20,14(17)18-12)10-4-2-1-3-5-10/h1-8,20H,(H2,16,19)(H2,17,18). The van der Waals surface area contributed by atoms with E-state index in [9.17, 15) is 9.90 Å². The Labute approximate surface area is 115 Å². The molecule has 1 atom stereocenters. The van der Waals surface area contributed by atoms with Crippen molar-refractivity contribution in [3.63, 3.8) is 0 Å². The minimum absolute atomic E-state index is 0.0836. The number of amides is 1. The molecule has 0 saturated heterocycles. The number of nitrogens with two attached hydrogens (primary N) is 2. The first-order valence-electron chi connectivity index (χ1n) is 6.10. The van der Waals surface area contributed by atoms with Gasteiger partial charge in [0.25, 0.3) is 0 Å². The predicted molar refractivity (Wildman–Crippen MR) is 75.7 cm³/mol. The lowest BCUT2D eigenvalue weighted by molar-refractivity contribution is 0.1000. The molecule has 1 amide bonds. The van der Waals surface area contributed by atoms with Crippen LogP contribution in [0.4, 0.5) is 5.69 Å². The molecule has 0 aromatic heterocycles. The van der Waals surface area contributed by atoms with Gasteiger partial charge in [-0.1, -0.05) is 30.3 Å². The van der Waals surface area contributed by atoms with Crippen molar-refractivity contribution >= 4 is 17.4 Å². The van der Waals surface area contributed by atoms with Gasteiger partial charge >= 0.3 is 0 Å². The summed E-state index contributed by atoms with van der Waals surface area (Å²) in [6, 6.07) is 13.7. The molecule has 100 valence electrons. The predicted octanol–water partition coefficient (Wildman–Crippen LogP) is 1.02. The number of hydrogen-bond donors (Lipinski definition) is 3. The quantitative estimate of drug-likeness (QED) is 0.757. The van der Waals surface area contributed by atoms with Crippen LogP contribution in [0.1, 0.15) is 21.5 Å². The van der Waals surface area contributed by atoms with Crippen molar-refractivity contribution in [2.45, 2.75) is 5.60 Å². The number of carbonyl (C=O) groups is 1. The summed E-state index contributed by atoms with van der Waals surface area (Å²) in [5, 5.41) is 11.0. The maximum absolute atomic E-state index is 11.3. The normalized spacial score (nSPS) is 20.4. The number of fused-ring (bicyclic) bond motifs is 1. The molecule has 1 aliphatic rings. The second-order valence-corrected chi connectivity index (χ2v) is 4.67. The Morgan fingerprint density at radius 2 is 1.85 bits per heavy atom. The van der Waals surface area contributed by atoms with Gasteiger partial charge in [-0.3, -0.25) is 4.79 Å². The van der Waals surface area contributed by atoms with E-state index in [0.717, 1.165) is 0 Å². The summed E-state index contributed by atoms with van der Waals surface area (Å²) < 4.78 is 0. The summed E-state index contributed by atoms with van der Waals surface area (Å²) in [5.74, 6) is -0.478. The Hall–Kier alpha value is -2.66. The number of aliphatic hydroxyl groups is 1. The molecule has 0 bridgehead atoms. The number of benzene rings is 2. The lowest BCUT2D eigenvalue weighted by Crippen LogP contribution is -2.39. The molecule has 0 saturated carbocycles. The highest BCUT2D eigenvalue weighted by Crippen LogP contribution is 2.41. The first-order valence-corrected chi connectivity index (χ1v) is 6.10. The van der Waals surface area contributed by atoms with E-state index in [2.05, 4.69) is 4.99 Å². The zero-order valence-corrected chi connectivity index (χ0v) is 10.6. The number of aliphatic imine (C=N–C) groups is 1. The highest BCUT2D eigenvalue weighted by atomic mass is 16.3. The molecule has 5 heteroatoms. The molecular formula is C15H13N3O2. The number of hydrogen-bond acceptors (Lipinski definition) is 4. The smallest absolute Gasteiger partial charge is 0.248 e. The molecule has 0 aliphatic carbocycles. The zero-order chi connectivity index (χ0) is 14.3. The van der Waals surface area contributed by atoms with Crippen LogP contribution in [0.15, 0.2) is 53.5 Å². The third-order valence-corrected chi connectivity index (χ3v) is 3.47. The molecule has 0 spiro atoms. The Bertz CT molecular complexity index is 725. The van der Waals surface area contributed by atoms with Gasteiger partial charge in [0, 0.05) is 11.1 Å². The second kappa shape index (κ2) is 4.18. The van der Waals surface area contributed by atoms with Crippen molar-refractivity contribution in [1.82, 2.24) is 0 Å². The second-order valence-electron chi connectivity index (χ2n) is 4.67. The summed E-state index contributed by atoms with van der Waals surface area (Å²) in [4.78, 5) is 15.5. The summed E-state index contributed by atoms with van der Waals surface area (Å²) >= 11 is 0. The van der Waals surface area contributed by atoms with Gasteiger partial charge in [0.1, 0.15) is 5.84 Å². The van der Waals surface area contributed by atoms with Crippen LogP contribution in [0.5, 0.6) is 0 Å². The monoisotopic (exact) mass is 267 g/mol. The van der Waals surface area contributed by atoms with E-state index in [4.69, 9.17) is 11.5 Å². The topological polar surface area (TPSA) is 102 Å². The zero-order valence-electron chi connectivity index (χ0n) is 10.6. The minimum Gasteiger partial charge on any atom is -0.384 e. The average molecular weight is 267 g/mol. The molecule has 5 N–H and O–H groups in total. The number of rotatable bonds is 2. The van der Waals surface area contributed by atoms with E-state index in [1.807, 2.05) is 6.07 Å². The number of nitrogens with zero attached hydrogens (tertiary/aromatic N) is 1. The molecule has 2 aromatic rings. The van der Waals surface area contributed by atoms with Crippen molar-refractivity contribution in [1.29, 1.82) is 0 Å². The molecule has 1 aliphatic heterocycles. The fourth-order valence-corrected chi connectivity index (χ4v) is 2.41. The van der Waals surface area contributed by atoms with Gasteiger partial charge < -0.3 is 16.6 Å². The fraction of sp³-hybridized carbons (Fsp3) is 0.0667. The van der Waals surface area contributed by atoms with E-state index in [1.54, 1.807) is 36.4 Å². The first kappa shape index (κ1) is 12.4. The summed E-state index contributed by atoms with van der Waals surface area (Å²) in [6.45, 7) is 0. The van der Waals surface area contributed by atoms with Gasteiger partial charge in [-0.05, 0) is 23.8 Å². The Morgan fingerprint density at radius 3 is 2.50 bits per heavy atom. The van der Waals surface area contributed by atoms with Crippen LogP contribution in [0.2, 0.25) is 0 Å². The van der Waals surface area contributed by atoms with Crippen molar-refractivity contribution in [3.8, 4) is 0 Å². The Balaban J connectivity index is 2.23. The third-order valence-electron chi connectivity index (χ3n) is 3.47. The van der Waals surface area contributed by atoms with Crippen LogP contribution in [-0.4, -0.2) is 16.8 Å². The lowest BCUT2D eigenvalue weighted by Gasteiger charge is -2.24. The molecule has 0 fully saturated rings. The van der Waals surface area contributed by atoms with Gasteiger partial charge in [0.2, 0.25) is 5.91 Å². The summed E-state index contributed by atoms with van der Waals surface area (Å²) in [7, 11) is 0. The molecular weight excluding hydrogens is 254 g/mol. The minimum atomic E-state index is -1.53. The number of carbonyl (C=O) groups excluding carboxylic acids is 1. The van der Waals surface area contributed by atoms with E-state index in [0.29, 0.717) is 22.4 Å². The lowest BCUT2D eigenvalue weighted by atomic mass is 9.85. The number of amidine groups is 1. The van der Waals surface area contributed by atoms with Crippen LogP contribution < -0.4 is 11.5 Å². The maximum Gasteiger partial charge on any atom is 0.248 e. The van der Waals surface area contributed by atoms with Crippen molar-refractivity contribution in [2.24, 2.45) is 16.5 Å². The van der Waals surface area contributed by atoms with Gasteiger partial charge in [0.15, 0.2) is 5.60 Å². The molecule has 0 radical (unpaired) electrons. The van der Waals surface area contributed by atoms with Crippen LogP contribution >= 0.6 is 0 Å². The molecule has 1 unspecified atom stereocenters. The Morgan fingerprint density at radius 1 is 1.15 bits per heavy atom. The van der Waals surface area contributed by atoms with Crippen LogP contribution in [0, 0.1) is 0 Å². The largest absolute Gasteiger partial charge is 0.384 e.